The van der Waals surface area contributed by atoms with Crippen LogP contribution in [-0.4, -0.2) is 39.1 Å². The minimum absolute atomic E-state index is 0.0502. The summed E-state index contributed by atoms with van der Waals surface area (Å²) in [5, 5.41) is 3.62. The number of nitrogens with zero attached hydrogens (tertiary/aromatic N) is 1. The Labute approximate surface area is 133 Å². The molecule has 0 aliphatic carbocycles. The number of ketones is 1. The van der Waals surface area contributed by atoms with Crippen LogP contribution in [0.5, 0.6) is 17.2 Å². The number of thiazole rings is 1. The quantitative estimate of drug-likeness (QED) is 0.824. The topological polar surface area (TPSA) is 69.7 Å². The Bertz CT molecular complexity index is 697. The van der Waals surface area contributed by atoms with E-state index in [2.05, 4.69) is 10.3 Å². The molecule has 1 aromatic carbocycles. The Hall–Kier alpha value is -2.28. The van der Waals surface area contributed by atoms with Crippen molar-refractivity contribution in [2.24, 2.45) is 0 Å². The number of carbonyl (C=O) groups excluding carboxylic acids is 1. The summed E-state index contributed by atoms with van der Waals surface area (Å²) < 4.78 is 16.1. The van der Waals surface area contributed by atoms with Gasteiger partial charge in [-0.05, 0) is 12.1 Å². The van der Waals surface area contributed by atoms with Crippen LogP contribution >= 0.6 is 11.3 Å². The van der Waals surface area contributed by atoms with E-state index < -0.39 is 0 Å². The fraction of sp³-hybridized carbons (Fsp3) is 0.333. The van der Waals surface area contributed by atoms with Gasteiger partial charge in [0.1, 0.15) is 0 Å². The van der Waals surface area contributed by atoms with E-state index in [0.717, 1.165) is 0 Å². The Morgan fingerprint density at radius 2 is 1.82 bits per heavy atom. The highest BCUT2D eigenvalue weighted by Gasteiger charge is 2.23. The van der Waals surface area contributed by atoms with Crippen LogP contribution in [0.3, 0.4) is 0 Å². The average molecular weight is 322 g/mol. The van der Waals surface area contributed by atoms with Crippen molar-refractivity contribution < 1.29 is 19.0 Å². The van der Waals surface area contributed by atoms with Gasteiger partial charge in [0.2, 0.25) is 5.75 Å². The van der Waals surface area contributed by atoms with Crippen LogP contribution in [0.25, 0.3) is 11.3 Å². The second-order valence-corrected chi connectivity index (χ2v) is 5.38. The maximum Gasteiger partial charge on any atom is 0.203 e. The number of anilines is 1. The van der Waals surface area contributed by atoms with Crippen molar-refractivity contribution in [2.75, 3.05) is 33.7 Å². The van der Waals surface area contributed by atoms with E-state index in [1.807, 2.05) is 0 Å². The summed E-state index contributed by atoms with van der Waals surface area (Å²) in [4.78, 5) is 16.9. The maximum absolute atomic E-state index is 11.9. The molecule has 0 aliphatic rings. The molecular weight excluding hydrogens is 304 g/mol. The van der Waals surface area contributed by atoms with E-state index in [0.29, 0.717) is 38.5 Å². The predicted octanol–water partition coefficient (Wildman–Crippen LogP) is 3.08. The minimum Gasteiger partial charge on any atom is -0.493 e. The normalized spacial score (nSPS) is 10.2. The van der Waals surface area contributed by atoms with E-state index in [4.69, 9.17) is 14.2 Å². The summed E-state index contributed by atoms with van der Waals surface area (Å²) in [6.07, 6.45) is 0. The number of aromatic nitrogens is 1. The maximum atomic E-state index is 11.9. The number of hydrogen-bond acceptors (Lipinski definition) is 7. The van der Waals surface area contributed by atoms with Crippen LogP contribution in [0.1, 0.15) is 16.6 Å². The molecule has 1 N–H and O–H groups in total. The number of hydrogen-bond donors (Lipinski definition) is 1. The van der Waals surface area contributed by atoms with E-state index in [9.17, 15) is 4.79 Å². The zero-order valence-electron chi connectivity index (χ0n) is 13.1. The lowest BCUT2D eigenvalue weighted by molar-refractivity contribution is 0.102. The third kappa shape index (κ3) is 2.71. The Morgan fingerprint density at radius 1 is 1.14 bits per heavy atom. The van der Waals surface area contributed by atoms with Gasteiger partial charge < -0.3 is 19.5 Å². The van der Waals surface area contributed by atoms with E-state index in [1.165, 1.54) is 25.4 Å². The van der Waals surface area contributed by atoms with Gasteiger partial charge in [0.15, 0.2) is 22.4 Å². The molecule has 0 bridgehead atoms. The third-order valence-electron chi connectivity index (χ3n) is 3.12. The number of Topliss-reactive ketones (excluding diaryl/α,β-unsaturated/α-hetero) is 1. The molecule has 6 nitrogen and oxygen atoms in total. The molecular formula is C15H18N2O4S. The summed E-state index contributed by atoms with van der Waals surface area (Å²) in [5.74, 6) is 1.45. The van der Waals surface area contributed by atoms with Crippen LogP contribution in [-0.2, 0) is 0 Å². The average Bonchev–Trinajstić information content (AvgIpc) is 2.97. The number of nitrogens with one attached hydrogen (secondary N) is 1. The van der Waals surface area contributed by atoms with Gasteiger partial charge in [-0.1, -0.05) is 11.3 Å². The number of benzene rings is 1. The smallest absolute Gasteiger partial charge is 0.203 e. The largest absolute Gasteiger partial charge is 0.493 e. The SMILES string of the molecule is CNc1nc(-c2ccc(OC)c(OC)c2OC)c(C(C)=O)s1. The van der Waals surface area contributed by atoms with E-state index in [1.54, 1.807) is 33.4 Å². The fourth-order valence-corrected chi connectivity index (χ4v) is 2.96. The molecule has 7 heteroatoms. The standard InChI is InChI=1S/C15H18N2O4S/c1-8(18)14-11(17-15(16-2)22-14)9-6-7-10(19-3)13(21-5)12(9)20-4/h6-7H,1-5H3,(H,16,17). The molecule has 0 amide bonds. The summed E-state index contributed by atoms with van der Waals surface area (Å²) in [6, 6.07) is 3.57. The van der Waals surface area contributed by atoms with Crippen LogP contribution < -0.4 is 19.5 Å². The molecule has 0 spiro atoms. The van der Waals surface area contributed by atoms with Crippen molar-refractivity contribution >= 4 is 22.3 Å². The Kier molecular flexibility index (Phi) is 4.87. The molecule has 0 saturated carbocycles. The van der Waals surface area contributed by atoms with Crippen LogP contribution in [0, 0.1) is 0 Å². The minimum atomic E-state index is -0.0502. The van der Waals surface area contributed by atoms with Gasteiger partial charge in [-0.2, -0.15) is 0 Å². The molecule has 22 heavy (non-hydrogen) atoms. The highest BCUT2D eigenvalue weighted by Crippen LogP contribution is 2.46. The van der Waals surface area contributed by atoms with Gasteiger partial charge in [-0.15, -0.1) is 0 Å². The first-order valence-corrected chi connectivity index (χ1v) is 7.37. The molecule has 1 heterocycles. The molecule has 0 radical (unpaired) electrons. The van der Waals surface area contributed by atoms with Crippen LogP contribution in [0.15, 0.2) is 12.1 Å². The van der Waals surface area contributed by atoms with Crippen molar-refractivity contribution in [1.82, 2.24) is 4.98 Å². The van der Waals surface area contributed by atoms with Crippen molar-refractivity contribution in [1.29, 1.82) is 0 Å². The van der Waals surface area contributed by atoms with Crippen molar-refractivity contribution in [3.8, 4) is 28.5 Å². The molecule has 0 atom stereocenters. The second kappa shape index (κ2) is 6.65. The highest BCUT2D eigenvalue weighted by atomic mass is 32.1. The molecule has 2 aromatic rings. The number of rotatable bonds is 6. The van der Waals surface area contributed by atoms with Crippen LogP contribution in [0.2, 0.25) is 0 Å². The third-order valence-corrected chi connectivity index (χ3v) is 4.29. The van der Waals surface area contributed by atoms with Gasteiger partial charge in [0.25, 0.3) is 0 Å². The lowest BCUT2D eigenvalue weighted by atomic mass is 10.1. The summed E-state index contributed by atoms with van der Waals surface area (Å²) in [6.45, 7) is 1.52. The summed E-state index contributed by atoms with van der Waals surface area (Å²) in [5.41, 5.74) is 1.25. The zero-order valence-corrected chi connectivity index (χ0v) is 14.0. The lowest BCUT2D eigenvalue weighted by Gasteiger charge is -2.15. The first-order valence-electron chi connectivity index (χ1n) is 6.56. The number of methoxy groups -OCH3 is 3. The van der Waals surface area contributed by atoms with Gasteiger partial charge in [0.05, 0.1) is 31.9 Å². The molecule has 0 fully saturated rings. The fourth-order valence-electron chi connectivity index (χ4n) is 2.14. The highest BCUT2D eigenvalue weighted by molar-refractivity contribution is 7.18. The van der Waals surface area contributed by atoms with Crippen LogP contribution in [0.4, 0.5) is 5.13 Å². The molecule has 118 valence electrons. The van der Waals surface area contributed by atoms with Gasteiger partial charge >= 0.3 is 0 Å². The Balaban J connectivity index is 2.72. The second-order valence-electron chi connectivity index (χ2n) is 4.38. The first kappa shape index (κ1) is 16.1. The Morgan fingerprint density at radius 3 is 2.32 bits per heavy atom. The first-order chi connectivity index (χ1) is 10.6. The van der Waals surface area contributed by atoms with Gasteiger partial charge in [-0.3, -0.25) is 4.79 Å². The molecule has 0 aliphatic heterocycles. The van der Waals surface area contributed by atoms with Crippen molar-refractivity contribution in [3.63, 3.8) is 0 Å². The molecule has 1 aromatic heterocycles. The van der Waals surface area contributed by atoms with E-state index in [-0.39, 0.29) is 5.78 Å². The number of carbonyl (C=O) groups is 1. The van der Waals surface area contributed by atoms with Gasteiger partial charge in [0, 0.05) is 19.5 Å². The predicted molar refractivity (Wildman–Crippen MR) is 86.8 cm³/mol. The monoisotopic (exact) mass is 322 g/mol. The van der Waals surface area contributed by atoms with E-state index >= 15 is 0 Å². The lowest BCUT2D eigenvalue weighted by Crippen LogP contribution is -1.99. The molecule has 2 rings (SSSR count). The molecule has 0 unspecified atom stereocenters. The summed E-state index contributed by atoms with van der Waals surface area (Å²) in [7, 11) is 6.40. The van der Waals surface area contributed by atoms with Crippen molar-refractivity contribution in [2.45, 2.75) is 6.92 Å². The number of ether oxygens (including phenoxy) is 3. The zero-order chi connectivity index (χ0) is 16.3. The van der Waals surface area contributed by atoms with Gasteiger partial charge in [-0.25, -0.2) is 4.98 Å². The molecule has 0 saturated heterocycles. The summed E-state index contributed by atoms with van der Waals surface area (Å²) >= 11 is 1.31. The van der Waals surface area contributed by atoms with Crippen molar-refractivity contribution in [3.05, 3.63) is 17.0 Å².